The van der Waals surface area contributed by atoms with E-state index in [2.05, 4.69) is 20.9 Å². The fourth-order valence-corrected chi connectivity index (χ4v) is 3.18. The Labute approximate surface area is 131 Å². The molecular weight excluding hydrogens is 300 g/mol. The largest absolute Gasteiger partial charge is 0.327 e. The first-order chi connectivity index (χ1) is 10.6. The minimum atomic E-state index is -0.352. The van der Waals surface area contributed by atoms with Gasteiger partial charge in [0.1, 0.15) is 5.82 Å². The zero-order valence-electron chi connectivity index (χ0n) is 12.2. The average molecular weight is 316 g/mol. The highest BCUT2D eigenvalue weighted by atomic mass is 32.1. The molecule has 2 aromatic heterocycles. The molecule has 0 spiro atoms. The van der Waals surface area contributed by atoms with Gasteiger partial charge in [-0.15, -0.1) is 0 Å². The van der Waals surface area contributed by atoms with Crippen LogP contribution in [0.15, 0.2) is 35.7 Å². The molecule has 0 unspecified atom stereocenters. The van der Waals surface area contributed by atoms with Crippen molar-refractivity contribution in [3.05, 3.63) is 57.2 Å². The third kappa shape index (κ3) is 3.00. The molecule has 0 atom stereocenters. The van der Waals surface area contributed by atoms with Crippen LogP contribution in [0.1, 0.15) is 11.4 Å². The van der Waals surface area contributed by atoms with Gasteiger partial charge in [-0.1, -0.05) is 23.5 Å². The lowest BCUT2D eigenvalue weighted by Crippen LogP contribution is -2.19. The van der Waals surface area contributed by atoms with Crippen molar-refractivity contribution in [3.8, 4) is 0 Å². The third-order valence-corrected chi connectivity index (χ3v) is 4.44. The van der Waals surface area contributed by atoms with E-state index in [4.69, 9.17) is 0 Å². The van der Waals surface area contributed by atoms with Gasteiger partial charge in [-0.3, -0.25) is 10.1 Å². The van der Waals surface area contributed by atoms with Crippen molar-refractivity contribution >= 4 is 27.4 Å². The number of rotatable bonds is 6. The van der Waals surface area contributed by atoms with E-state index in [1.807, 2.05) is 30.5 Å². The quantitative estimate of drug-likeness (QED) is 0.431. The maximum absolute atomic E-state index is 10.6. The van der Waals surface area contributed by atoms with Gasteiger partial charge in [0.25, 0.3) is 0 Å². The highest BCUT2D eigenvalue weighted by Crippen LogP contribution is 2.22. The van der Waals surface area contributed by atoms with E-state index in [-0.39, 0.29) is 9.92 Å². The van der Waals surface area contributed by atoms with Gasteiger partial charge in [-0.2, -0.15) is 0 Å². The number of nitrogens with one attached hydrogen (secondary N) is 1. The van der Waals surface area contributed by atoms with Gasteiger partial charge >= 0.3 is 5.00 Å². The number of hydrogen-bond acceptors (Lipinski definition) is 5. The Bertz CT molecular complexity index is 809. The van der Waals surface area contributed by atoms with Crippen molar-refractivity contribution in [2.45, 2.75) is 20.0 Å². The molecule has 0 amide bonds. The summed E-state index contributed by atoms with van der Waals surface area (Å²) in [6, 6.07) is 9.70. The number of para-hydroxylation sites is 2. The summed E-state index contributed by atoms with van der Waals surface area (Å²) >= 11 is 1.16. The second kappa shape index (κ2) is 6.25. The summed E-state index contributed by atoms with van der Waals surface area (Å²) in [5, 5.41) is 16.0. The van der Waals surface area contributed by atoms with Gasteiger partial charge < -0.3 is 9.88 Å². The van der Waals surface area contributed by atoms with E-state index in [1.54, 1.807) is 6.07 Å². The lowest BCUT2D eigenvalue weighted by molar-refractivity contribution is -0.380. The summed E-state index contributed by atoms with van der Waals surface area (Å²) < 4.78 is 2.18. The predicted octanol–water partition coefficient (Wildman–Crippen LogP) is 3.10. The molecule has 1 aromatic carbocycles. The van der Waals surface area contributed by atoms with Crippen molar-refractivity contribution in [1.29, 1.82) is 0 Å². The second-order valence-electron chi connectivity index (χ2n) is 5.03. The zero-order chi connectivity index (χ0) is 15.5. The molecule has 114 valence electrons. The molecule has 7 heteroatoms. The minimum Gasteiger partial charge on any atom is -0.327 e. The highest BCUT2D eigenvalue weighted by molar-refractivity contribution is 7.13. The van der Waals surface area contributed by atoms with E-state index in [0.29, 0.717) is 6.54 Å². The maximum Gasteiger partial charge on any atom is 0.324 e. The van der Waals surface area contributed by atoms with Crippen molar-refractivity contribution < 1.29 is 4.92 Å². The van der Waals surface area contributed by atoms with Crippen molar-refractivity contribution in [3.63, 3.8) is 0 Å². The van der Waals surface area contributed by atoms with Crippen LogP contribution in [0.25, 0.3) is 11.0 Å². The number of nitrogens with zero attached hydrogens (tertiary/aromatic N) is 3. The number of hydrogen-bond donors (Lipinski definition) is 1. The molecule has 22 heavy (non-hydrogen) atoms. The number of fused-ring (bicyclic) bond motifs is 1. The number of aryl methyl sites for hydroxylation is 1. The van der Waals surface area contributed by atoms with E-state index in [0.717, 1.165) is 46.8 Å². The molecule has 0 saturated heterocycles. The summed E-state index contributed by atoms with van der Waals surface area (Å²) in [4.78, 5) is 14.8. The lowest BCUT2D eigenvalue weighted by atomic mass is 10.3. The Morgan fingerprint density at radius 2 is 2.23 bits per heavy atom. The van der Waals surface area contributed by atoms with E-state index in [1.165, 1.54) is 0 Å². The maximum atomic E-state index is 10.6. The molecule has 0 aliphatic heterocycles. The van der Waals surface area contributed by atoms with Gasteiger partial charge in [0, 0.05) is 31.1 Å². The molecule has 0 fully saturated rings. The Morgan fingerprint density at radius 1 is 1.41 bits per heavy atom. The van der Waals surface area contributed by atoms with Crippen molar-refractivity contribution in [2.75, 3.05) is 6.54 Å². The predicted molar refractivity (Wildman–Crippen MR) is 87.2 cm³/mol. The normalized spacial score (nSPS) is 11.1. The van der Waals surface area contributed by atoms with Gasteiger partial charge in [0.05, 0.1) is 16.0 Å². The molecule has 0 aliphatic carbocycles. The first kappa shape index (κ1) is 14.7. The average Bonchev–Trinajstić information content (AvgIpc) is 3.08. The van der Waals surface area contributed by atoms with E-state index in [9.17, 15) is 10.1 Å². The Hall–Kier alpha value is -2.25. The minimum absolute atomic E-state index is 0.188. The van der Waals surface area contributed by atoms with Crippen LogP contribution in [0.3, 0.4) is 0 Å². The highest BCUT2D eigenvalue weighted by Gasteiger charge is 2.09. The lowest BCUT2D eigenvalue weighted by Gasteiger charge is -2.07. The molecule has 0 bridgehead atoms. The van der Waals surface area contributed by atoms with Crippen LogP contribution in [0.5, 0.6) is 0 Å². The van der Waals surface area contributed by atoms with Crippen molar-refractivity contribution in [2.24, 2.45) is 0 Å². The van der Waals surface area contributed by atoms with Gasteiger partial charge in [0.2, 0.25) is 0 Å². The number of benzene rings is 1. The summed E-state index contributed by atoms with van der Waals surface area (Å²) in [6.45, 7) is 4.24. The Balaban J connectivity index is 1.58. The molecule has 0 radical (unpaired) electrons. The van der Waals surface area contributed by atoms with Gasteiger partial charge in [0.15, 0.2) is 0 Å². The summed E-state index contributed by atoms with van der Waals surface area (Å²) in [5.74, 6) is 0.995. The number of imidazole rings is 1. The first-order valence-electron chi connectivity index (χ1n) is 6.99. The third-order valence-electron chi connectivity index (χ3n) is 3.51. The monoisotopic (exact) mass is 316 g/mol. The fraction of sp³-hybridized carbons (Fsp3) is 0.267. The molecule has 1 N–H and O–H groups in total. The van der Waals surface area contributed by atoms with Gasteiger partial charge in [-0.25, -0.2) is 4.98 Å². The molecule has 3 rings (SSSR count). The summed E-state index contributed by atoms with van der Waals surface area (Å²) in [5.41, 5.74) is 3.09. The van der Waals surface area contributed by atoms with Crippen LogP contribution in [0.2, 0.25) is 0 Å². The smallest absolute Gasteiger partial charge is 0.324 e. The van der Waals surface area contributed by atoms with Crippen molar-refractivity contribution in [1.82, 2.24) is 14.9 Å². The molecule has 6 nitrogen and oxygen atoms in total. The van der Waals surface area contributed by atoms with Crippen LogP contribution < -0.4 is 5.32 Å². The molecule has 2 heterocycles. The molecule has 0 saturated carbocycles. The zero-order valence-corrected chi connectivity index (χ0v) is 13.0. The summed E-state index contributed by atoms with van der Waals surface area (Å²) in [6.07, 6.45) is 0. The van der Waals surface area contributed by atoms with E-state index < -0.39 is 0 Å². The van der Waals surface area contributed by atoms with Gasteiger partial charge in [-0.05, 0) is 24.6 Å². The molecular formula is C15H16N4O2S. The fourth-order valence-electron chi connectivity index (χ4n) is 2.45. The summed E-state index contributed by atoms with van der Waals surface area (Å²) in [7, 11) is 0. The number of nitro groups is 1. The SMILES string of the molecule is Cc1nc2ccccc2n1CCNCc1csc([N+](=O)[O-])c1. The van der Waals surface area contributed by atoms with Crippen LogP contribution in [0, 0.1) is 17.0 Å². The number of thiophene rings is 1. The van der Waals surface area contributed by atoms with Crippen LogP contribution in [0.4, 0.5) is 5.00 Å². The second-order valence-corrected chi connectivity index (χ2v) is 5.92. The van der Waals surface area contributed by atoms with Crippen LogP contribution in [-0.4, -0.2) is 21.0 Å². The van der Waals surface area contributed by atoms with Crippen LogP contribution >= 0.6 is 11.3 Å². The molecule has 3 aromatic rings. The standard InChI is InChI=1S/C15H16N4O2S/c1-11-17-13-4-2-3-5-14(13)18(11)7-6-16-9-12-8-15(19(20)21)22-10-12/h2-5,8,10,16H,6-7,9H2,1H3. The number of aromatic nitrogens is 2. The van der Waals surface area contributed by atoms with E-state index >= 15 is 0 Å². The Kier molecular flexibility index (Phi) is 4.17. The first-order valence-corrected chi connectivity index (χ1v) is 7.87. The van der Waals surface area contributed by atoms with Crippen LogP contribution in [-0.2, 0) is 13.1 Å². The molecule has 0 aliphatic rings. The topological polar surface area (TPSA) is 73.0 Å². The Morgan fingerprint density at radius 3 is 3.00 bits per heavy atom.